The van der Waals surface area contributed by atoms with Gasteiger partial charge in [0.2, 0.25) is 0 Å². The van der Waals surface area contributed by atoms with Crippen molar-refractivity contribution in [3.8, 4) is 0 Å². The molecule has 3 heteroatoms. The maximum absolute atomic E-state index is 13.3. The zero-order valence-corrected chi connectivity index (χ0v) is 14.1. The first-order chi connectivity index (χ1) is 9.85. The second-order valence-electron chi connectivity index (χ2n) is 7.39. The standard InChI is InChI=1S/C18H27ClFN/c1-18(2,3)21-12-15(14-6-4-5-7-14)10-13-8-9-17(20)16(19)11-13/h8-9,11,14-15,21H,4-7,10,12H2,1-3H3. The van der Waals surface area contributed by atoms with Crippen LogP contribution in [0.3, 0.4) is 0 Å². The molecule has 0 amide bonds. The number of hydrogen-bond acceptors (Lipinski definition) is 1. The second-order valence-corrected chi connectivity index (χ2v) is 7.80. The largest absolute Gasteiger partial charge is 0.312 e. The lowest BCUT2D eigenvalue weighted by Gasteiger charge is -2.29. The van der Waals surface area contributed by atoms with E-state index in [1.807, 2.05) is 6.07 Å². The predicted octanol–water partition coefficient (Wildman–Crippen LogP) is 5.22. The van der Waals surface area contributed by atoms with E-state index in [2.05, 4.69) is 26.1 Å². The predicted molar refractivity (Wildman–Crippen MR) is 88.3 cm³/mol. The molecule has 1 atom stereocenters. The molecule has 0 radical (unpaired) electrons. The summed E-state index contributed by atoms with van der Waals surface area (Å²) < 4.78 is 13.3. The van der Waals surface area contributed by atoms with Crippen LogP contribution in [0.4, 0.5) is 4.39 Å². The van der Waals surface area contributed by atoms with E-state index in [0.717, 1.165) is 24.4 Å². The molecule has 1 fully saturated rings. The van der Waals surface area contributed by atoms with Crippen LogP contribution in [-0.4, -0.2) is 12.1 Å². The molecule has 1 N–H and O–H groups in total. The number of hydrogen-bond donors (Lipinski definition) is 1. The van der Waals surface area contributed by atoms with Gasteiger partial charge in [-0.1, -0.05) is 43.4 Å². The molecule has 21 heavy (non-hydrogen) atoms. The Morgan fingerprint density at radius 2 is 1.95 bits per heavy atom. The lowest BCUT2D eigenvalue weighted by molar-refractivity contribution is 0.286. The second kappa shape index (κ2) is 7.11. The molecule has 1 nitrogen and oxygen atoms in total. The average Bonchev–Trinajstić information content (AvgIpc) is 2.91. The fourth-order valence-corrected chi connectivity index (χ4v) is 3.44. The highest BCUT2D eigenvalue weighted by atomic mass is 35.5. The number of halogens is 2. The molecule has 0 saturated heterocycles. The number of nitrogens with one attached hydrogen (secondary N) is 1. The van der Waals surface area contributed by atoms with Gasteiger partial charge in [0, 0.05) is 5.54 Å². The lowest BCUT2D eigenvalue weighted by Crippen LogP contribution is -2.41. The third-order valence-corrected chi connectivity index (χ3v) is 4.73. The van der Waals surface area contributed by atoms with Crippen molar-refractivity contribution in [2.75, 3.05) is 6.54 Å². The summed E-state index contributed by atoms with van der Waals surface area (Å²) in [5, 5.41) is 3.88. The highest BCUT2D eigenvalue weighted by Crippen LogP contribution is 2.33. The Balaban J connectivity index is 2.05. The van der Waals surface area contributed by atoms with E-state index in [4.69, 9.17) is 11.6 Å². The summed E-state index contributed by atoms with van der Waals surface area (Å²) in [5.41, 5.74) is 1.28. The van der Waals surface area contributed by atoms with E-state index in [-0.39, 0.29) is 16.4 Å². The molecular formula is C18H27ClFN. The molecule has 0 aromatic heterocycles. The summed E-state index contributed by atoms with van der Waals surface area (Å²) in [4.78, 5) is 0. The average molecular weight is 312 g/mol. The quantitative estimate of drug-likeness (QED) is 0.786. The van der Waals surface area contributed by atoms with Gasteiger partial charge in [-0.25, -0.2) is 4.39 Å². The fraction of sp³-hybridized carbons (Fsp3) is 0.667. The maximum Gasteiger partial charge on any atom is 0.141 e. The smallest absolute Gasteiger partial charge is 0.141 e. The van der Waals surface area contributed by atoms with Gasteiger partial charge in [0.15, 0.2) is 0 Å². The third-order valence-electron chi connectivity index (χ3n) is 4.44. The van der Waals surface area contributed by atoms with Gasteiger partial charge in [0.05, 0.1) is 5.02 Å². The van der Waals surface area contributed by atoms with Crippen molar-refractivity contribution in [2.24, 2.45) is 11.8 Å². The van der Waals surface area contributed by atoms with E-state index in [1.54, 1.807) is 6.07 Å². The molecule has 0 aliphatic heterocycles. The van der Waals surface area contributed by atoms with Crippen LogP contribution in [0, 0.1) is 17.7 Å². The van der Waals surface area contributed by atoms with Crippen molar-refractivity contribution in [3.63, 3.8) is 0 Å². The SMILES string of the molecule is CC(C)(C)NCC(Cc1ccc(F)c(Cl)c1)C1CCCC1. The summed E-state index contributed by atoms with van der Waals surface area (Å²) >= 11 is 5.92. The van der Waals surface area contributed by atoms with Gasteiger partial charge in [0.25, 0.3) is 0 Å². The van der Waals surface area contributed by atoms with E-state index < -0.39 is 0 Å². The van der Waals surface area contributed by atoms with Crippen LogP contribution in [0.15, 0.2) is 18.2 Å². The van der Waals surface area contributed by atoms with Crippen LogP contribution >= 0.6 is 11.6 Å². The van der Waals surface area contributed by atoms with E-state index in [9.17, 15) is 4.39 Å². The number of benzene rings is 1. The molecule has 1 aromatic carbocycles. The summed E-state index contributed by atoms with van der Waals surface area (Å²) in [6.07, 6.45) is 6.33. The first-order valence-electron chi connectivity index (χ1n) is 8.04. The van der Waals surface area contributed by atoms with Crippen molar-refractivity contribution in [2.45, 2.75) is 58.4 Å². The summed E-state index contributed by atoms with van der Waals surface area (Å²) in [6.45, 7) is 7.62. The first kappa shape index (κ1) is 16.8. The minimum atomic E-state index is -0.328. The first-order valence-corrected chi connectivity index (χ1v) is 8.42. The molecule has 1 aliphatic rings. The number of rotatable bonds is 5. The fourth-order valence-electron chi connectivity index (χ4n) is 3.24. The van der Waals surface area contributed by atoms with E-state index >= 15 is 0 Å². The molecule has 0 heterocycles. The highest BCUT2D eigenvalue weighted by Gasteiger charge is 2.26. The van der Waals surface area contributed by atoms with Crippen molar-refractivity contribution >= 4 is 11.6 Å². The van der Waals surface area contributed by atoms with Crippen molar-refractivity contribution < 1.29 is 4.39 Å². The van der Waals surface area contributed by atoms with Gasteiger partial charge in [-0.15, -0.1) is 0 Å². The van der Waals surface area contributed by atoms with Gasteiger partial charge < -0.3 is 5.32 Å². The normalized spacial score (nSPS) is 18.1. The Kier molecular flexibility index (Phi) is 5.67. The van der Waals surface area contributed by atoms with Crippen LogP contribution in [0.5, 0.6) is 0 Å². The zero-order chi connectivity index (χ0) is 15.5. The molecule has 1 unspecified atom stereocenters. The van der Waals surface area contributed by atoms with Gasteiger partial charge in [-0.2, -0.15) is 0 Å². The molecule has 118 valence electrons. The minimum Gasteiger partial charge on any atom is -0.312 e. The molecule has 1 saturated carbocycles. The molecule has 2 rings (SSSR count). The monoisotopic (exact) mass is 311 g/mol. The maximum atomic E-state index is 13.3. The minimum absolute atomic E-state index is 0.136. The van der Waals surface area contributed by atoms with Crippen molar-refractivity contribution in [1.29, 1.82) is 0 Å². The Bertz CT molecular complexity index is 461. The summed E-state index contributed by atoms with van der Waals surface area (Å²) in [5.74, 6) is 1.06. The van der Waals surface area contributed by atoms with Crippen molar-refractivity contribution in [3.05, 3.63) is 34.6 Å². The van der Waals surface area contributed by atoms with Gasteiger partial charge in [-0.3, -0.25) is 0 Å². The summed E-state index contributed by atoms with van der Waals surface area (Å²) in [6, 6.07) is 5.15. The summed E-state index contributed by atoms with van der Waals surface area (Å²) in [7, 11) is 0. The van der Waals surface area contributed by atoms with Crippen LogP contribution < -0.4 is 5.32 Å². The van der Waals surface area contributed by atoms with Crippen LogP contribution in [-0.2, 0) is 6.42 Å². The Hall–Kier alpha value is -0.600. The van der Waals surface area contributed by atoms with Crippen LogP contribution in [0.25, 0.3) is 0 Å². The molecular weight excluding hydrogens is 285 g/mol. The lowest BCUT2D eigenvalue weighted by atomic mass is 9.85. The molecule has 0 spiro atoms. The Morgan fingerprint density at radius 3 is 2.52 bits per heavy atom. The molecule has 0 bridgehead atoms. The Morgan fingerprint density at radius 1 is 1.29 bits per heavy atom. The van der Waals surface area contributed by atoms with Gasteiger partial charge in [0.1, 0.15) is 5.82 Å². The third kappa shape index (κ3) is 5.27. The highest BCUT2D eigenvalue weighted by molar-refractivity contribution is 6.30. The van der Waals surface area contributed by atoms with Gasteiger partial charge >= 0.3 is 0 Å². The topological polar surface area (TPSA) is 12.0 Å². The zero-order valence-electron chi connectivity index (χ0n) is 13.4. The van der Waals surface area contributed by atoms with Crippen molar-refractivity contribution in [1.82, 2.24) is 5.32 Å². The van der Waals surface area contributed by atoms with Gasteiger partial charge in [-0.05, 0) is 63.3 Å². The molecule has 1 aromatic rings. The molecule has 1 aliphatic carbocycles. The van der Waals surface area contributed by atoms with E-state index in [0.29, 0.717) is 5.92 Å². The van der Waals surface area contributed by atoms with Crippen LogP contribution in [0.2, 0.25) is 5.02 Å². The Labute approximate surface area is 133 Å². The van der Waals surface area contributed by atoms with E-state index in [1.165, 1.54) is 31.7 Å². The van der Waals surface area contributed by atoms with Crippen LogP contribution in [0.1, 0.15) is 52.0 Å².